The molecule has 4 rings (SSSR count). The second kappa shape index (κ2) is 10.2. The van der Waals surface area contributed by atoms with Crippen LogP contribution in [0.15, 0.2) is 33.9 Å². The third kappa shape index (κ3) is 4.60. The van der Waals surface area contributed by atoms with Crippen molar-refractivity contribution in [1.29, 1.82) is 0 Å². The summed E-state index contributed by atoms with van der Waals surface area (Å²) in [5.41, 5.74) is -0.267. The highest BCUT2D eigenvalue weighted by Crippen LogP contribution is 2.28. The molecule has 180 valence electrons. The summed E-state index contributed by atoms with van der Waals surface area (Å²) < 4.78 is 7.54. The lowest BCUT2D eigenvalue weighted by Crippen LogP contribution is -2.41. The van der Waals surface area contributed by atoms with E-state index in [9.17, 15) is 19.2 Å². The quantitative estimate of drug-likeness (QED) is 0.511. The molecule has 0 radical (unpaired) electrons. The average Bonchev–Trinajstić information content (AvgIpc) is 3.30. The van der Waals surface area contributed by atoms with Crippen LogP contribution in [0.2, 0.25) is 0 Å². The number of amides is 1. The molecule has 3 aromatic rings. The molecule has 2 aromatic heterocycles. The number of rotatable bonds is 7. The Bertz CT molecular complexity index is 1340. The SMILES string of the molecule is CCCn1c(=O)c2sc(N3CCCCC3)nc2n(CC(=O)Nc2ccccc2C(=O)OC)c1=O. The summed E-state index contributed by atoms with van der Waals surface area (Å²) in [5, 5.41) is 3.37. The molecule has 1 saturated heterocycles. The number of para-hydroxylation sites is 1. The Morgan fingerprint density at radius 2 is 1.85 bits per heavy atom. The molecule has 0 spiro atoms. The largest absolute Gasteiger partial charge is 0.465 e. The molecule has 0 unspecified atom stereocenters. The maximum atomic E-state index is 13.2. The van der Waals surface area contributed by atoms with Crippen LogP contribution in [0.3, 0.4) is 0 Å². The topological polar surface area (TPSA) is 116 Å². The minimum absolute atomic E-state index is 0.202. The Morgan fingerprint density at radius 3 is 2.56 bits per heavy atom. The number of benzene rings is 1. The number of thiazole rings is 1. The molecule has 1 aromatic carbocycles. The molecule has 10 nitrogen and oxygen atoms in total. The monoisotopic (exact) mass is 485 g/mol. The molecule has 0 aliphatic carbocycles. The molecule has 1 amide bonds. The van der Waals surface area contributed by atoms with Crippen LogP contribution in [0.25, 0.3) is 10.3 Å². The zero-order chi connectivity index (χ0) is 24.2. The minimum atomic E-state index is -0.586. The van der Waals surface area contributed by atoms with Crippen LogP contribution in [0.4, 0.5) is 10.8 Å². The minimum Gasteiger partial charge on any atom is -0.465 e. The van der Waals surface area contributed by atoms with Crippen LogP contribution in [-0.2, 0) is 22.6 Å². The lowest BCUT2D eigenvalue weighted by atomic mass is 10.1. The van der Waals surface area contributed by atoms with Gasteiger partial charge < -0.3 is 15.0 Å². The number of fused-ring (bicyclic) bond motifs is 1. The lowest BCUT2D eigenvalue weighted by Gasteiger charge is -2.25. The molecule has 11 heteroatoms. The number of piperidine rings is 1. The maximum absolute atomic E-state index is 13.2. The van der Waals surface area contributed by atoms with Crippen molar-refractivity contribution >= 4 is 44.4 Å². The van der Waals surface area contributed by atoms with Crippen LogP contribution in [0, 0.1) is 0 Å². The van der Waals surface area contributed by atoms with Crippen molar-refractivity contribution in [2.24, 2.45) is 0 Å². The summed E-state index contributed by atoms with van der Waals surface area (Å²) in [6.07, 6.45) is 3.84. The van der Waals surface area contributed by atoms with Crippen molar-refractivity contribution in [3.8, 4) is 0 Å². The number of nitrogens with one attached hydrogen (secondary N) is 1. The molecular weight excluding hydrogens is 458 g/mol. The van der Waals surface area contributed by atoms with E-state index in [0.29, 0.717) is 16.3 Å². The number of hydrogen-bond acceptors (Lipinski definition) is 8. The Balaban J connectivity index is 1.73. The summed E-state index contributed by atoms with van der Waals surface area (Å²) >= 11 is 1.26. The third-order valence-electron chi connectivity index (χ3n) is 5.74. The standard InChI is InChI=1S/C23H27N5O5S/c1-3-11-27-20(30)18-19(25-22(34-18)26-12-7-4-8-13-26)28(23(27)32)14-17(29)24-16-10-6-5-9-15(16)21(31)33-2/h5-6,9-10H,3-4,7-8,11-14H2,1-2H3,(H,24,29). The highest BCUT2D eigenvalue weighted by Gasteiger charge is 2.23. The molecule has 0 atom stereocenters. The van der Waals surface area contributed by atoms with Crippen LogP contribution in [0.1, 0.15) is 43.0 Å². The van der Waals surface area contributed by atoms with Crippen molar-refractivity contribution in [3.05, 3.63) is 50.7 Å². The molecule has 1 N–H and O–H groups in total. The van der Waals surface area contributed by atoms with Crippen LogP contribution < -0.4 is 21.5 Å². The normalized spacial score (nSPS) is 13.8. The number of carbonyl (C=O) groups is 2. The van der Waals surface area contributed by atoms with Gasteiger partial charge in [0.25, 0.3) is 5.56 Å². The highest BCUT2D eigenvalue weighted by molar-refractivity contribution is 7.22. The summed E-state index contributed by atoms with van der Waals surface area (Å²) in [7, 11) is 1.26. The number of nitrogens with zero attached hydrogens (tertiary/aromatic N) is 4. The van der Waals surface area contributed by atoms with Crippen molar-refractivity contribution in [1.82, 2.24) is 14.1 Å². The first-order valence-corrected chi connectivity index (χ1v) is 12.1. The smallest absolute Gasteiger partial charge is 0.339 e. The van der Waals surface area contributed by atoms with Crippen molar-refractivity contribution in [2.45, 2.75) is 45.7 Å². The van der Waals surface area contributed by atoms with Gasteiger partial charge in [-0.3, -0.25) is 18.7 Å². The maximum Gasteiger partial charge on any atom is 0.339 e. The number of ether oxygens (including phenoxy) is 1. The summed E-state index contributed by atoms with van der Waals surface area (Å²) in [5.74, 6) is -1.10. The zero-order valence-electron chi connectivity index (χ0n) is 19.2. The molecule has 1 fully saturated rings. The Hall–Kier alpha value is -3.47. The van der Waals surface area contributed by atoms with E-state index in [1.165, 1.54) is 23.0 Å². The lowest BCUT2D eigenvalue weighted by molar-refractivity contribution is -0.116. The van der Waals surface area contributed by atoms with E-state index in [-0.39, 0.29) is 35.5 Å². The first-order valence-electron chi connectivity index (χ1n) is 11.3. The Kier molecular flexibility index (Phi) is 7.11. The van der Waals surface area contributed by atoms with Gasteiger partial charge >= 0.3 is 11.7 Å². The molecule has 0 saturated carbocycles. The fourth-order valence-electron chi connectivity index (χ4n) is 4.07. The van der Waals surface area contributed by atoms with Gasteiger partial charge in [-0.1, -0.05) is 30.4 Å². The Morgan fingerprint density at radius 1 is 1.12 bits per heavy atom. The first-order chi connectivity index (χ1) is 16.4. The van der Waals surface area contributed by atoms with E-state index in [1.54, 1.807) is 24.3 Å². The first kappa shape index (κ1) is 23.7. The Labute approximate surface area is 199 Å². The molecule has 0 bridgehead atoms. The number of methoxy groups -OCH3 is 1. The van der Waals surface area contributed by atoms with E-state index in [4.69, 9.17) is 4.74 Å². The third-order valence-corrected chi connectivity index (χ3v) is 6.83. The van der Waals surface area contributed by atoms with Crippen molar-refractivity contribution in [3.63, 3.8) is 0 Å². The number of carbonyl (C=O) groups excluding carboxylic acids is 2. The summed E-state index contributed by atoms with van der Waals surface area (Å²) in [4.78, 5) is 58.0. The van der Waals surface area contributed by atoms with Gasteiger partial charge in [0.2, 0.25) is 5.91 Å². The summed E-state index contributed by atoms with van der Waals surface area (Å²) in [6.45, 7) is 3.47. The van der Waals surface area contributed by atoms with Gasteiger partial charge in [-0.2, -0.15) is 0 Å². The fraction of sp³-hybridized carbons (Fsp3) is 0.435. The van der Waals surface area contributed by atoms with Gasteiger partial charge in [0.15, 0.2) is 10.8 Å². The van der Waals surface area contributed by atoms with E-state index < -0.39 is 17.6 Å². The molecule has 1 aliphatic heterocycles. The number of esters is 1. The number of anilines is 2. The van der Waals surface area contributed by atoms with Gasteiger partial charge in [-0.15, -0.1) is 0 Å². The van der Waals surface area contributed by atoms with E-state index >= 15 is 0 Å². The number of aromatic nitrogens is 3. The van der Waals surface area contributed by atoms with E-state index in [0.717, 1.165) is 36.9 Å². The van der Waals surface area contributed by atoms with Gasteiger partial charge in [0, 0.05) is 19.6 Å². The second-order valence-electron chi connectivity index (χ2n) is 8.11. The summed E-state index contributed by atoms with van der Waals surface area (Å²) in [6, 6.07) is 6.46. The second-order valence-corrected chi connectivity index (χ2v) is 9.09. The predicted octanol–water partition coefficient (Wildman–Crippen LogP) is 2.45. The van der Waals surface area contributed by atoms with E-state index in [1.807, 2.05) is 6.92 Å². The molecule has 34 heavy (non-hydrogen) atoms. The van der Waals surface area contributed by atoms with Crippen LogP contribution >= 0.6 is 11.3 Å². The van der Waals surface area contributed by atoms with Gasteiger partial charge in [-0.05, 0) is 37.8 Å². The molecular formula is C23H27N5O5S. The zero-order valence-corrected chi connectivity index (χ0v) is 20.0. The number of hydrogen-bond donors (Lipinski definition) is 1. The predicted molar refractivity (Wildman–Crippen MR) is 131 cm³/mol. The average molecular weight is 486 g/mol. The van der Waals surface area contributed by atoms with Gasteiger partial charge in [0.1, 0.15) is 11.2 Å². The van der Waals surface area contributed by atoms with Gasteiger partial charge in [0.05, 0.1) is 18.4 Å². The van der Waals surface area contributed by atoms with Crippen LogP contribution in [0.5, 0.6) is 0 Å². The fourth-order valence-corrected chi connectivity index (χ4v) is 5.14. The van der Waals surface area contributed by atoms with Crippen molar-refractivity contribution in [2.75, 3.05) is 30.4 Å². The van der Waals surface area contributed by atoms with Crippen molar-refractivity contribution < 1.29 is 14.3 Å². The molecule has 1 aliphatic rings. The van der Waals surface area contributed by atoms with Gasteiger partial charge in [-0.25, -0.2) is 14.6 Å². The highest BCUT2D eigenvalue weighted by atomic mass is 32.1. The molecule has 3 heterocycles. The van der Waals surface area contributed by atoms with E-state index in [2.05, 4.69) is 15.2 Å². The van der Waals surface area contributed by atoms with Crippen LogP contribution in [-0.4, -0.2) is 46.2 Å².